The van der Waals surface area contributed by atoms with Crippen LogP contribution in [0, 0.1) is 0 Å². The number of urea groups is 1. The van der Waals surface area contributed by atoms with Crippen molar-refractivity contribution in [3.63, 3.8) is 0 Å². The number of ether oxygens (including phenoxy) is 2. The van der Waals surface area contributed by atoms with E-state index in [4.69, 9.17) is 9.47 Å². The summed E-state index contributed by atoms with van der Waals surface area (Å²) in [6, 6.07) is 6.95. The quantitative estimate of drug-likeness (QED) is 0.650. The van der Waals surface area contributed by atoms with E-state index in [1.807, 2.05) is 0 Å². The number of hydrogen-bond donors (Lipinski definition) is 3. The third kappa shape index (κ3) is 4.52. The van der Waals surface area contributed by atoms with Crippen LogP contribution >= 0.6 is 0 Å². The zero-order chi connectivity index (χ0) is 22.4. The minimum atomic E-state index is -4.49. The Labute approximate surface area is 175 Å². The van der Waals surface area contributed by atoms with Crippen LogP contribution in [-0.2, 0) is 11.0 Å². The van der Waals surface area contributed by atoms with Crippen LogP contribution in [0.25, 0.3) is 0 Å². The number of fused-ring (bicyclic) bond motifs is 2. The van der Waals surface area contributed by atoms with E-state index in [-0.39, 0.29) is 18.3 Å². The molecular weight excluding hydrogens is 415 g/mol. The molecule has 2 heterocycles. The number of alkyl halides is 3. The lowest BCUT2D eigenvalue weighted by atomic mass is 9.89. The Morgan fingerprint density at radius 3 is 2.68 bits per heavy atom. The summed E-state index contributed by atoms with van der Waals surface area (Å²) < 4.78 is 50.2. The van der Waals surface area contributed by atoms with Crippen LogP contribution in [0.15, 0.2) is 36.4 Å². The van der Waals surface area contributed by atoms with Crippen molar-refractivity contribution < 1.29 is 32.2 Å². The topological polar surface area (TPSA) is 88.7 Å². The lowest BCUT2D eigenvalue weighted by Crippen LogP contribution is -2.42. The highest BCUT2D eigenvalue weighted by atomic mass is 19.4. The van der Waals surface area contributed by atoms with Gasteiger partial charge in [-0.05, 0) is 44.2 Å². The number of carbonyl (C=O) groups excluding carboxylic acids is 2. The summed E-state index contributed by atoms with van der Waals surface area (Å²) in [6.07, 6.45) is -4.13. The first-order chi connectivity index (χ1) is 14.5. The Kier molecular flexibility index (Phi) is 4.95. The van der Waals surface area contributed by atoms with Gasteiger partial charge in [0.15, 0.2) is 6.61 Å². The highest BCUT2D eigenvalue weighted by molar-refractivity contribution is 5.97. The van der Waals surface area contributed by atoms with Gasteiger partial charge in [0.2, 0.25) is 0 Å². The molecule has 1 atom stereocenters. The normalized spacial score (nSPS) is 19.1. The number of hydrogen-bond acceptors (Lipinski definition) is 4. The van der Waals surface area contributed by atoms with Gasteiger partial charge in [0.1, 0.15) is 17.1 Å². The Morgan fingerprint density at radius 2 is 1.94 bits per heavy atom. The molecule has 0 saturated carbocycles. The summed E-state index contributed by atoms with van der Waals surface area (Å²) in [4.78, 5) is 24.1. The van der Waals surface area contributed by atoms with Crippen LogP contribution in [0.4, 0.5) is 29.3 Å². The van der Waals surface area contributed by atoms with Crippen LogP contribution in [0.5, 0.6) is 11.5 Å². The average Bonchev–Trinajstić information content (AvgIpc) is 2.65. The minimum Gasteiger partial charge on any atom is -0.487 e. The molecule has 164 valence electrons. The van der Waals surface area contributed by atoms with Gasteiger partial charge in [0.05, 0.1) is 17.3 Å². The van der Waals surface area contributed by atoms with E-state index in [1.54, 1.807) is 32.0 Å². The maximum atomic E-state index is 13.1. The number of anilines is 2. The van der Waals surface area contributed by atoms with Gasteiger partial charge in [-0.15, -0.1) is 0 Å². The van der Waals surface area contributed by atoms with E-state index >= 15 is 0 Å². The minimum absolute atomic E-state index is 0.0741. The van der Waals surface area contributed by atoms with Crippen LogP contribution < -0.4 is 25.4 Å². The molecule has 4 rings (SSSR count). The number of amides is 3. The standard InChI is InChI=1S/C21H20F3N3O4/c1-20(2)9-15(13-5-3-11(21(22,23)24)7-17(13)31-20)27-19(29)25-12-4-6-16-14(8-12)26-18(28)10-30-16/h3-8,15H,9-10H2,1-2H3,(H,26,28)(H2,25,27,29)/t15-/m1/s1. The molecule has 0 fully saturated rings. The maximum absolute atomic E-state index is 13.1. The summed E-state index contributed by atoms with van der Waals surface area (Å²) in [5.74, 6) is 0.282. The first kappa shape index (κ1) is 20.8. The molecular formula is C21H20F3N3O4. The zero-order valence-corrected chi connectivity index (χ0v) is 16.7. The second-order valence-corrected chi connectivity index (χ2v) is 8.02. The fourth-order valence-corrected chi connectivity index (χ4v) is 3.64. The first-order valence-corrected chi connectivity index (χ1v) is 9.55. The maximum Gasteiger partial charge on any atom is 0.416 e. The monoisotopic (exact) mass is 435 g/mol. The van der Waals surface area contributed by atoms with Crippen LogP contribution in [0.3, 0.4) is 0 Å². The smallest absolute Gasteiger partial charge is 0.416 e. The SMILES string of the molecule is CC1(C)C[C@@H](NC(=O)Nc2ccc3c(c2)NC(=O)CO3)c2ccc(C(F)(F)F)cc2O1. The van der Waals surface area contributed by atoms with Gasteiger partial charge in [0.25, 0.3) is 5.91 Å². The molecule has 3 amide bonds. The summed E-state index contributed by atoms with van der Waals surface area (Å²) in [5, 5.41) is 8.12. The molecule has 0 bridgehead atoms. The predicted octanol–water partition coefficient (Wildman–Crippen LogP) is 4.46. The third-order valence-electron chi connectivity index (χ3n) is 4.97. The van der Waals surface area contributed by atoms with Gasteiger partial charge in [-0.3, -0.25) is 4.79 Å². The van der Waals surface area contributed by atoms with Crippen molar-refractivity contribution in [2.75, 3.05) is 17.2 Å². The first-order valence-electron chi connectivity index (χ1n) is 9.55. The van der Waals surface area contributed by atoms with E-state index in [0.29, 0.717) is 29.1 Å². The van der Waals surface area contributed by atoms with Crippen LogP contribution in [-0.4, -0.2) is 24.1 Å². The van der Waals surface area contributed by atoms with E-state index in [1.165, 1.54) is 6.07 Å². The van der Waals surface area contributed by atoms with Gasteiger partial charge in [0, 0.05) is 17.7 Å². The molecule has 10 heteroatoms. The Hall–Kier alpha value is -3.43. The molecule has 3 N–H and O–H groups in total. The van der Waals surface area contributed by atoms with E-state index in [9.17, 15) is 22.8 Å². The van der Waals surface area contributed by atoms with Crippen molar-refractivity contribution in [2.24, 2.45) is 0 Å². The summed E-state index contributed by atoms with van der Waals surface area (Å²) in [7, 11) is 0. The fourth-order valence-electron chi connectivity index (χ4n) is 3.64. The van der Waals surface area contributed by atoms with Crippen molar-refractivity contribution in [3.8, 4) is 11.5 Å². The largest absolute Gasteiger partial charge is 0.487 e. The average molecular weight is 435 g/mol. The second-order valence-electron chi connectivity index (χ2n) is 8.02. The van der Waals surface area contributed by atoms with Crippen LogP contribution in [0.2, 0.25) is 0 Å². The van der Waals surface area contributed by atoms with Crippen molar-refractivity contribution in [1.29, 1.82) is 0 Å². The molecule has 0 radical (unpaired) electrons. The van der Waals surface area contributed by atoms with Crippen molar-refractivity contribution in [1.82, 2.24) is 5.32 Å². The van der Waals surface area contributed by atoms with Gasteiger partial charge < -0.3 is 25.4 Å². The molecule has 31 heavy (non-hydrogen) atoms. The molecule has 2 aromatic rings. The Morgan fingerprint density at radius 1 is 1.16 bits per heavy atom. The van der Waals surface area contributed by atoms with E-state index in [0.717, 1.165) is 12.1 Å². The Bertz CT molecular complexity index is 1050. The summed E-state index contributed by atoms with van der Waals surface area (Å²) >= 11 is 0. The highest BCUT2D eigenvalue weighted by Crippen LogP contribution is 2.42. The van der Waals surface area contributed by atoms with E-state index < -0.39 is 29.4 Å². The number of nitrogens with one attached hydrogen (secondary N) is 3. The van der Waals surface area contributed by atoms with E-state index in [2.05, 4.69) is 16.0 Å². The fraction of sp³-hybridized carbons (Fsp3) is 0.333. The molecule has 2 aromatic carbocycles. The molecule has 2 aliphatic heterocycles. The lowest BCUT2D eigenvalue weighted by molar-refractivity contribution is -0.137. The number of benzene rings is 2. The van der Waals surface area contributed by atoms with Gasteiger partial charge in [-0.25, -0.2) is 4.79 Å². The summed E-state index contributed by atoms with van der Waals surface area (Å²) in [5.41, 5.74) is -0.269. The van der Waals surface area contributed by atoms with Crippen molar-refractivity contribution >= 4 is 23.3 Å². The van der Waals surface area contributed by atoms with Gasteiger partial charge >= 0.3 is 12.2 Å². The second kappa shape index (κ2) is 7.36. The molecule has 0 saturated heterocycles. The molecule has 0 unspecified atom stereocenters. The van der Waals surface area contributed by atoms with Crippen LogP contribution in [0.1, 0.15) is 37.4 Å². The lowest BCUT2D eigenvalue weighted by Gasteiger charge is -2.38. The molecule has 7 nitrogen and oxygen atoms in total. The number of carbonyl (C=O) groups is 2. The zero-order valence-electron chi connectivity index (χ0n) is 16.7. The summed E-state index contributed by atoms with van der Waals surface area (Å²) in [6.45, 7) is 3.42. The predicted molar refractivity (Wildman–Crippen MR) is 106 cm³/mol. The van der Waals surface area contributed by atoms with Gasteiger partial charge in [-0.1, -0.05) is 6.07 Å². The third-order valence-corrected chi connectivity index (χ3v) is 4.97. The highest BCUT2D eigenvalue weighted by Gasteiger charge is 2.38. The molecule has 2 aliphatic rings. The van der Waals surface area contributed by atoms with Gasteiger partial charge in [-0.2, -0.15) is 13.2 Å². The molecule has 0 spiro atoms. The number of halogens is 3. The molecule has 0 aromatic heterocycles. The van der Waals surface area contributed by atoms with Crippen molar-refractivity contribution in [2.45, 2.75) is 38.1 Å². The molecule has 0 aliphatic carbocycles. The van der Waals surface area contributed by atoms with Crippen molar-refractivity contribution in [3.05, 3.63) is 47.5 Å². The Balaban J connectivity index is 1.52. The number of rotatable bonds is 2.